The van der Waals surface area contributed by atoms with E-state index in [9.17, 15) is 9.59 Å². The zero-order valence-electron chi connectivity index (χ0n) is 9.26. The second kappa shape index (κ2) is 4.78. The van der Waals surface area contributed by atoms with Crippen LogP contribution in [0.25, 0.3) is 0 Å². The lowest BCUT2D eigenvalue weighted by molar-refractivity contribution is -0.129. The van der Waals surface area contributed by atoms with Gasteiger partial charge in [0.2, 0.25) is 5.91 Å². The molecule has 0 atom stereocenters. The SMILES string of the molecule is C=CC(=O)Oc1ccc(N2CCCC2=O)nc1. The van der Waals surface area contributed by atoms with Crippen LogP contribution in [0.4, 0.5) is 5.82 Å². The summed E-state index contributed by atoms with van der Waals surface area (Å²) in [5.41, 5.74) is 0. The fourth-order valence-corrected chi connectivity index (χ4v) is 1.64. The highest BCUT2D eigenvalue weighted by molar-refractivity contribution is 5.94. The molecule has 0 unspecified atom stereocenters. The van der Waals surface area contributed by atoms with E-state index in [1.165, 1.54) is 6.20 Å². The van der Waals surface area contributed by atoms with Crippen LogP contribution in [-0.4, -0.2) is 23.4 Å². The van der Waals surface area contributed by atoms with Gasteiger partial charge in [0, 0.05) is 19.0 Å². The molecule has 1 saturated heterocycles. The van der Waals surface area contributed by atoms with Crippen LogP contribution in [0, 0.1) is 0 Å². The lowest BCUT2D eigenvalue weighted by Gasteiger charge is -2.14. The van der Waals surface area contributed by atoms with Gasteiger partial charge in [-0.2, -0.15) is 0 Å². The number of esters is 1. The van der Waals surface area contributed by atoms with Gasteiger partial charge in [0.25, 0.3) is 0 Å². The van der Waals surface area contributed by atoms with E-state index in [1.54, 1.807) is 17.0 Å². The molecular formula is C12H12N2O3. The van der Waals surface area contributed by atoms with Crippen LogP contribution in [0.3, 0.4) is 0 Å². The molecule has 0 aliphatic carbocycles. The average Bonchev–Trinajstić information content (AvgIpc) is 2.76. The number of carbonyl (C=O) groups is 2. The van der Waals surface area contributed by atoms with Gasteiger partial charge in [-0.1, -0.05) is 6.58 Å². The third-order valence-corrected chi connectivity index (χ3v) is 2.46. The highest BCUT2D eigenvalue weighted by Gasteiger charge is 2.22. The molecule has 1 aliphatic rings. The number of amides is 1. The van der Waals surface area contributed by atoms with Gasteiger partial charge in [0.1, 0.15) is 11.6 Å². The summed E-state index contributed by atoms with van der Waals surface area (Å²) >= 11 is 0. The molecule has 0 spiro atoms. The predicted octanol–water partition coefficient (Wildman–Crippen LogP) is 1.30. The second-order valence-corrected chi connectivity index (χ2v) is 3.63. The second-order valence-electron chi connectivity index (χ2n) is 3.63. The highest BCUT2D eigenvalue weighted by atomic mass is 16.5. The number of ether oxygens (including phenoxy) is 1. The highest BCUT2D eigenvalue weighted by Crippen LogP contribution is 2.20. The maximum absolute atomic E-state index is 11.5. The molecule has 2 rings (SSSR count). The molecule has 0 bridgehead atoms. The van der Waals surface area contributed by atoms with Gasteiger partial charge < -0.3 is 4.74 Å². The first-order valence-electron chi connectivity index (χ1n) is 5.31. The van der Waals surface area contributed by atoms with Gasteiger partial charge in [0.05, 0.1) is 6.20 Å². The predicted molar refractivity (Wildman–Crippen MR) is 61.7 cm³/mol. The normalized spacial score (nSPS) is 14.8. The smallest absolute Gasteiger partial charge is 0.335 e. The maximum Gasteiger partial charge on any atom is 0.335 e. The number of carbonyl (C=O) groups excluding carboxylic acids is 2. The van der Waals surface area contributed by atoms with Crippen molar-refractivity contribution in [1.82, 2.24) is 4.98 Å². The zero-order valence-corrected chi connectivity index (χ0v) is 9.26. The Hall–Kier alpha value is -2.17. The molecule has 2 heterocycles. The topological polar surface area (TPSA) is 59.5 Å². The third kappa shape index (κ3) is 2.50. The molecule has 5 heteroatoms. The molecule has 0 saturated carbocycles. The van der Waals surface area contributed by atoms with E-state index in [4.69, 9.17) is 4.74 Å². The number of aromatic nitrogens is 1. The molecule has 0 N–H and O–H groups in total. The Morgan fingerprint density at radius 2 is 2.35 bits per heavy atom. The summed E-state index contributed by atoms with van der Waals surface area (Å²) in [6, 6.07) is 3.27. The maximum atomic E-state index is 11.5. The fourth-order valence-electron chi connectivity index (χ4n) is 1.64. The van der Waals surface area contributed by atoms with Crippen molar-refractivity contribution >= 4 is 17.7 Å². The molecular weight excluding hydrogens is 220 g/mol. The van der Waals surface area contributed by atoms with Crippen LogP contribution < -0.4 is 9.64 Å². The molecule has 1 aromatic heterocycles. The number of hydrogen-bond acceptors (Lipinski definition) is 4. The van der Waals surface area contributed by atoms with Crippen LogP contribution in [0.5, 0.6) is 5.75 Å². The van der Waals surface area contributed by atoms with Gasteiger partial charge >= 0.3 is 5.97 Å². The van der Waals surface area contributed by atoms with Gasteiger partial charge in [-0.05, 0) is 18.6 Å². The van der Waals surface area contributed by atoms with Crippen LogP contribution in [0.15, 0.2) is 31.0 Å². The molecule has 0 aromatic carbocycles. The molecule has 1 amide bonds. The van der Waals surface area contributed by atoms with E-state index in [2.05, 4.69) is 11.6 Å². The summed E-state index contributed by atoms with van der Waals surface area (Å²) in [5, 5.41) is 0. The summed E-state index contributed by atoms with van der Waals surface area (Å²) in [6.07, 6.45) is 3.92. The van der Waals surface area contributed by atoms with E-state index >= 15 is 0 Å². The van der Waals surface area contributed by atoms with E-state index in [-0.39, 0.29) is 5.91 Å². The fraction of sp³-hybridized carbons (Fsp3) is 0.250. The van der Waals surface area contributed by atoms with E-state index < -0.39 is 5.97 Å². The quantitative estimate of drug-likeness (QED) is 0.582. The molecule has 17 heavy (non-hydrogen) atoms. The van der Waals surface area contributed by atoms with Crippen molar-refractivity contribution in [1.29, 1.82) is 0 Å². The third-order valence-electron chi connectivity index (χ3n) is 2.46. The molecule has 0 radical (unpaired) electrons. The lowest BCUT2D eigenvalue weighted by Crippen LogP contribution is -2.24. The van der Waals surface area contributed by atoms with Crippen molar-refractivity contribution in [3.63, 3.8) is 0 Å². The Kier molecular flexibility index (Phi) is 3.18. The number of hydrogen-bond donors (Lipinski definition) is 0. The van der Waals surface area contributed by atoms with Crippen molar-refractivity contribution in [2.24, 2.45) is 0 Å². The largest absolute Gasteiger partial charge is 0.422 e. The van der Waals surface area contributed by atoms with Crippen LogP contribution in [-0.2, 0) is 9.59 Å². The Labute approximate surface area is 98.7 Å². The van der Waals surface area contributed by atoms with Crippen LogP contribution in [0.2, 0.25) is 0 Å². The van der Waals surface area contributed by atoms with E-state index in [0.717, 1.165) is 12.5 Å². The molecule has 1 aliphatic heterocycles. The van der Waals surface area contributed by atoms with Gasteiger partial charge in [-0.15, -0.1) is 0 Å². The average molecular weight is 232 g/mol. The molecule has 5 nitrogen and oxygen atoms in total. The minimum Gasteiger partial charge on any atom is -0.422 e. The van der Waals surface area contributed by atoms with Crippen molar-refractivity contribution in [3.8, 4) is 5.75 Å². The van der Waals surface area contributed by atoms with Crippen molar-refractivity contribution in [2.45, 2.75) is 12.8 Å². The Balaban J connectivity index is 2.10. The van der Waals surface area contributed by atoms with Crippen LogP contribution in [0.1, 0.15) is 12.8 Å². The van der Waals surface area contributed by atoms with Crippen LogP contribution >= 0.6 is 0 Å². The standard InChI is InChI=1S/C12H12N2O3/c1-2-12(16)17-9-5-6-10(13-8-9)14-7-3-4-11(14)15/h2,5-6,8H,1,3-4,7H2. The Morgan fingerprint density at radius 1 is 1.53 bits per heavy atom. The summed E-state index contributed by atoms with van der Waals surface area (Å²) in [6.45, 7) is 3.99. The molecule has 88 valence electrons. The lowest BCUT2D eigenvalue weighted by atomic mass is 10.4. The van der Waals surface area contributed by atoms with Crippen molar-refractivity contribution in [3.05, 3.63) is 31.0 Å². The number of nitrogens with zero attached hydrogens (tertiary/aromatic N) is 2. The summed E-state index contributed by atoms with van der Waals surface area (Å²) in [5.74, 6) is 0.473. The van der Waals surface area contributed by atoms with Gasteiger partial charge in [-0.3, -0.25) is 9.69 Å². The molecule has 1 aromatic rings. The van der Waals surface area contributed by atoms with Crippen molar-refractivity contribution < 1.29 is 14.3 Å². The minimum absolute atomic E-state index is 0.0772. The minimum atomic E-state index is -0.531. The Bertz CT molecular complexity index is 453. The summed E-state index contributed by atoms with van der Waals surface area (Å²) in [4.78, 5) is 28.1. The number of anilines is 1. The zero-order chi connectivity index (χ0) is 12.3. The number of pyridine rings is 1. The Morgan fingerprint density at radius 3 is 2.88 bits per heavy atom. The summed E-state index contributed by atoms with van der Waals surface area (Å²) in [7, 11) is 0. The first-order valence-corrected chi connectivity index (χ1v) is 5.31. The first-order chi connectivity index (χ1) is 8.20. The summed E-state index contributed by atoms with van der Waals surface area (Å²) < 4.78 is 4.89. The first kappa shape index (κ1) is 11.3. The van der Waals surface area contributed by atoms with Crippen molar-refractivity contribution in [2.75, 3.05) is 11.4 Å². The monoisotopic (exact) mass is 232 g/mol. The van der Waals surface area contributed by atoms with E-state index in [0.29, 0.717) is 24.5 Å². The molecule has 1 fully saturated rings. The van der Waals surface area contributed by atoms with Gasteiger partial charge in [0.15, 0.2) is 0 Å². The number of rotatable bonds is 3. The van der Waals surface area contributed by atoms with Gasteiger partial charge in [-0.25, -0.2) is 9.78 Å². The van der Waals surface area contributed by atoms with E-state index in [1.807, 2.05) is 0 Å².